The largest absolute Gasteiger partial charge is 0.139 e. The molecule has 0 saturated carbocycles. The molecule has 5 rings (SSSR count). The van der Waals surface area contributed by atoms with Crippen LogP contribution in [0, 0.1) is 27.7 Å². The lowest BCUT2D eigenvalue weighted by Gasteiger charge is -2.16. The molecule has 0 aliphatic rings. The Morgan fingerprint density at radius 3 is 1.15 bits per heavy atom. The highest BCUT2D eigenvalue weighted by Gasteiger charge is 2.18. The van der Waals surface area contributed by atoms with Crippen molar-refractivity contribution in [3.05, 3.63) is 80.5 Å². The first kappa shape index (κ1) is 35.3. The second-order valence-corrected chi connectivity index (χ2v) is 17.9. The number of hydrogen-bond acceptors (Lipinski definition) is 4. The van der Waals surface area contributed by atoms with Crippen LogP contribution < -0.4 is 0 Å². The summed E-state index contributed by atoms with van der Waals surface area (Å²) in [7, 11) is 0. The minimum Gasteiger partial charge on any atom is -0.139 e. The zero-order valence-corrected chi connectivity index (χ0v) is 32.4. The fourth-order valence-electron chi connectivity index (χ4n) is 6.73. The highest BCUT2D eigenvalue weighted by Crippen LogP contribution is 2.45. The van der Waals surface area contributed by atoms with Gasteiger partial charge in [0.25, 0.3) is 0 Å². The van der Waals surface area contributed by atoms with Crippen LogP contribution in [0.4, 0.5) is 0 Å². The average molecular weight is 687 g/mol. The molecule has 0 aliphatic carbocycles. The number of aryl methyl sites for hydroxylation is 6. The van der Waals surface area contributed by atoms with E-state index >= 15 is 0 Å². The Morgan fingerprint density at radius 1 is 0.413 bits per heavy atom. The van der Waals surface area contributed by atoms with Crippen LogP contribution >= 0.6 is 45.3 Å². The van der Waals surface area contributed by atoms with E-state index in [1.807, 2.05) is 45.3 Å². The van der Waals surface area contributed by atoms with Crippen molar-refractivity contribution in [1.29, 1.82) is 0 Å². The van der Waals surface area contributed by atoms with Gasteiger partial charge < -0.3 is 0 Å². The Bertz CT molecular complexity index is 1540. The molecule has 0 aliphatic heterocycles. The molecule has 4 heterocycles. The molecular formula is C42H54S4. The van der Waals surface area contributed by atoms with E-state index in [1.54, 1.807) is 11.1 Å². The number of thiophene rings is 4. The van der Waals surface area contributed by atoms with Gasteiger partial charge in [-0.2, -0.15) is 0 Å². The summed E-state index contributed by atoms with van der Waals surface area (Å²) in [6.45, 7) is 13.6. The molecule has 0 N–H and O–H groups in total. The summed E-state index contributed by atoms with van der Waals surface area (Å²) in [6.07, 6.45) is 18.4. The van der Waals surface area contributed by atoms with Crippen molar-refractivity contribution in [2.24, 2.45) is 0 Å². The summed E-state index contributed by atoms with van der Waals surface area (Å²) in [6, 6.07) is 19.5. The lowest BCUT2D eigenvalue weighted by atomic mass is 9.91. The summed E-state index contributed by atoms with van der Waals surface area (Å²) in [5.74, 6) is 0. The zero-order chi connectivity index (χ0) is 32.5. The highest BCUT2D eigenvalue weighted by atomic mass is 32.1. The van der Waals surface area contributed by atoms with Crippen LogP contribution in [0.3, 0.4) is 0 Å². The zero-order valence-electron chi connectivity index (χ0n) is 29.2. The van der Waals surface area contributed by atoms with Gasteiger partial charge in [0, 0.05) is 39.0 Å². The quantitative estimate of drug-likeness (QED) is 0.0805. The molecule has 5 aromatic rings. The first-order valence-corrected chi connectivity index (χ1v) is 21.2. The Kier molecular flexibility index (Phi) is 13.4. The molecule has 46 heavy (non-hydrogen) atoms. The third kappa shape index (κ3) is 9.13. The smallest absolute Gasteiger partial charge is 0.0474 e. The van der Waals surface area contributed by atoms with E-state index < -0.39 is 0 Å². The minimum atomic E-state index is 1.16. The van der Waals surface area contributed by atoms with Gasteiger partial charge in [0.2, 0.25) is 0 Å². The van der Waals surface area contributed by atoms with Gasteiger partial charge in [0.15, 0.2) is 0 Å². The Morgan fingerprint density at radius 2 is 0.783 bits per heavy atom. The van der Waals surface area contributed by atoms with Crippen molar-refractivity contribution >= 4 is 45.3 Å². The predicted octanol–water partition coefficient (Wildman–Crippen LogP) is 15.6. The van der Waals surface area contributed by atoms with Crippen LogP contribution in [0.15, 0.2) is 48.5 Å². The maximum Gasteiger partial charge on any atom is 0.0474 e. The van der Waals surface area contributed by atoms with Gasteiger partial charge >= 0.3 is 0 Å². The van der Waals surface area contributed by atoms with E-state index in [1.165, 1.54) is 138 Å². The molecule has 246 valence electrons. The first-order chi connectivity index (χ1) is 22.4. The first-order valence-electron chi connectivity index (χ1n) is 17.9. The summed E-state index contributed by atoms with van der Waals surface area (Å²) < 4.78 is 0. The van der Waals surface area contributed by atoms with Gasteiger partial charge in [-0.3, -0.25) is 0 Å². The molecular weight excluding hydrogens is 633 g/mol. The topological polar surface area (TPSA) is 0 Å². The second kappa shape index (κ2) is 17.4. The van der Waals surface area contributed by atoms with Crippen LogP contribution in [0.1, 0.15) is 123 Å². The fourth-order valence-corrected chi connectivity index (χ4v) is 11.3. The molecule has 0 atom stereocenters. The third-order valence-corrected chi connectivity index (χ3v) is 14.1. The van der Waals surface area contributed by atoms with Crippen molar-refractivity contribution < 1.29 is 0 Å². The molecule has 0 bridgehead atoms. The number of unbranched alkanes of at least 4 members (excludes halogenated alkanes) is 10. The SMILES string of the molecule is CCCCCCCCc1cc(-c2ccc(-c3sc(C)cc3C)s2)c(CCCCCCCC)cc1-c1ccc(-c2sc(C)cc2C)s1. The van der Waals surface area contributed by atoms with E-state index in [0.29, 0.717) is 0 Å². The van der Waals surface area contributed by atoms with Crippen molar-refractivity contribution in [2.45, 2.75) is 131 Å². The Labute approximate surface area is 296 Å². The van der Waals surface area contributed by atoms with Crippen LogP contribution in [0.25, 0.3) is 40.4 Å². The van der Waals surface area contributed by atoms with E-state index in [4.69, 9.17) is 0 Å². The summed E-state index contributed by atoms with van der Waals surface area (Å²) in [5.41, 5.74) is 8.88. The molecule has 1 aromatic carbocycles. The molecule has 0 saturated heterocycles. The predicted molar refractivity (Wildman–Crippen MR) is 213 cm³/mol. The van der Waals surface area contributed by atoms with E-state index in [-0.39, 0.29) is 0 Å². The summed E-state index contributed by atoms with van der Waals surface area (Å²) in [5, 5.41) is 0. The Balaban J connectivity index is 1.52. The summed E-state index contributed by atoms with van der Waals surface area (Å²) >= 11 is 7.88. The molecule has 4 aromatic heterocycles. The van der Waals surface area contributed by atoms with Gasteiger partial charge in [-0.25, -0.2) is 0 Å². The van der Waals surface area contributed by atoms with Crippen molar-refractivity contribution in [3.63, 3.8) is 0 Å². The molecule has 0 spiro atoms. The van der Waals surface area contributed by atoms with Gasteiger partial charge in [-0.1, -0.05) is 78.1 Å². The van der Waals surface area contributed by atoms with E-state index in [0.717, 1.165) is 12.8 Å². The number of benzene rings is 1. The lowest BCUT2D eigenvalue weighted by Crippen LogP contribution is -1.97. The monoisotopic (exact) mass is 686 g/mol. The van der Waals surface area contributed by atoms with Gasteiger partial charge in [0.05, 0.1) is 0 Å². The number of rotatable bonds is 18. The second-order valence-electron chi connectivity index (χ2n) is 13.3. The van der Waals surface area contributed by atoms with Crippen molar-refractivity contribution in [2.75, 3.05) is 0 Å². The Hall–Kier alpha value is -1.98. The standard InChI is InChI=1S/C42H54S4/c1-7-9-11-13-15-17-19-33-27-36(38-22-24-40(46-38)42-30(4)26-32(6)44-42)34(20-18-16-14-12-10-8-2)28-35(33)37-21-23-39(45-37)41-29(3)25-31(5)43-41/h21-28H,7-20H2,1-6H3. The molecule has 0 amide bonds. The normalized spacial score (nSPS) is 11.6. The summed E-state index contributed by atoms with van der Waals surface area (Å²) in [4.78, 5) is 11.4. The maximum atomic E-state index is 2.62. The third-order valence-electron chi connectivity index (χ3n) is 9.20. The van der Waals surface area contributed by atoms with E-state index in [9.17, 15) is 0 Å². The van der Waals surface area contributed by atoms with Crippen LogP contribution in [-0.4, -0.2) is 0 Å². The van der Waals surface area contributed by atoms with Crippen LogP contribution in [0.2, 0.25) is 0 Å². The van der Waals surface area contributed by atoms with Crippen molar-refractivity contribution in [3.8, 4) is 40.4 Å². The number of hydrogen-bond donors (Lipinski definition) is 0. The van der Waals surface area contributed by atoms with Crippen molar-refractivity contribution in [1.82, 2.24) is 0 Å². The lowest BCUT2D eigenvalue weighted by molar-refractivity contribution is 0.606. The molecule has 0 fully saturated rings. The van der Waals surface area contributed by atoms with Crippen LogP contribution in [-0.2, 0) is 12.8 Å². The van der Waals surface area contributed by atoms with Gasteiger partial charge in [-0.15, -0.1) is 45.3 Å². The van der Waals surface area contributed by atoms with Gasteiger partial charge in [-0.05, 0) is 135 Å². The highest BCUT2D eigenvalue weighted by molar-refractivity contribution is 7.24. The van der Waals surface area contributed by atoms with Gasteiger partial charge in [0.1, 0.15) is 0 Å². The fraction of sp³-hybridized carbons (Fsp3) is 0.476. The molecule has 4 heteroatoms. The average Bonchev–Trinajstić information content (AvgIpc) is 3.84. The molecule has 0 unspecified atom stereocenters. The van der Waals surface area contributed by atoms with Crippen LogP contribution in [0.5, 0.6) is 0 Å². The van der Waals surface area contributed by atoms with E-state index in [2.05, 4.69) is 90.1 Å². The molecule has 0 nitrogen and oxygen atoms in total. The minimum absolute atomic E-state index is 1.16. The molecule has 0 radical (unpaired) electrons. The maximum absolute atomic E-state index is 2.62.